The number of nitrogens with one attached hydrogen (secondary N) is 1. The molecule has 0 amide bonds. The van der Waals surface area contributed by atoms with Crippen molar-refractivity contribution in [2.75, 3.05) is 7.11 Å². The number of benzene rings is 1. The third-order valence-electron chi connectivity index (χ3n) is 2.66. The van der Waals surface area contributed by atoms with E-state index in [0.717, 1.165) is 17.0 Å². The molecule has 0 spiro atoms. The maximum atomic E-state index is 5.59. The van der Waals surface area contributed by atoms with Crippen molar-refractivity contribution in [3.8, 4) is 5.75 Å². The maximum absolute atomic E-state index is 5.59. The molecule has 1 heterocycles. The van der Waals surface area contributed by atoms with Crippen molar-refractivity contribution >= 4 is 0 Å². The molecule has 1 atom stereocenters. The average Bonchev–Trinajstić information content (AvgIpc) is 2.78. The minimum absolute atomic E-state index is 0.138. The van der Waals surface area contributed by atoms with Crippen LogP contribution < -0.4 is 16.0 Å². The summed E-state index contributed by atoms with van der Waals surface area (Å²) in [5.41, 5.74) is 4.68. The molecule has 0 saturated heterocycles. The third kappa shape index (κ3) is 2.27. The molecule has 0 saturated carbocycles. The summed E-state index contributed by atoms with van der Waals surface area (Å²) in [6, 6.07) is 7.56. The van der Waals surface area contributed by atoms with E-state index < -0.39 is 0 Å². The number of aromatic nitrogens is 3. The van der Waals surface area contributed by atoms with E-state index in [-0.39, 0.29) is 6.04 Å². The van der Waals surface area contributed by atoms with Gasteiger partial charge in [-0.25, -0.2) is 5.43 Å². The lowest BCUT2D eigenvalue weighted by atomic mass is 10.0. The van der Waals surface area contributed by atoms with Crippen molar-refractivity contribution in [3.63, 3.8) is 0 Å². The van der Waals surface area contributed by atoms with Crippen molar-refractivity contribution in [3.05, 3.63) is 41.7 Å². The molecule has 1 aromatic heterocycles. The highest BCUT2D eigenvalue weighted by Crippen LogP contribution is 2.22. The van der Waals surface area contributed by atoms with Gasteiger partial charge in [0, 0.05) is 7.05 Å². The summed E-state index contributed by atoms with van der Waals surface area (Å²) in [6.07, 6.45) is 1.69. The normalized spacial score (nSPS) is 12.4. The molecule has 17 heavy (non-hydrogen) atoms. The second-order valence-corrected chi connectivity index (χ2v) is 3.66. The summed E-state index contributed by atoms with van der Waals surface area (Å²) in [5.74, 6) is 6.40. The van der Waals surface area contributed by atoms with Crippen LogP contribution in [0.2, 0.25) is 0 Å². The fourth-order valence-corrected chi connectivity index (χ4v) is 1.71. The number of ether oxygens (including phenoxy) is 1. The number of aryl methyl sites for hydroxylation is 1. The predicted molar refractivity (Wildman–Crippen MR) is 63.2 cm³/mol. The van der Waals surface area contributed by atoms with Gasteiger partial charge < -0.3 is 4.74 Å². The van der Waals surface area contributed by atoms with Crippen LogP contribution in [-0.2, 0) is 7.05 Å². The van der Waals surface area contributed by atoms with E-state index in [1.807, 2.05) is 31.3 Å². The number of nitrogens with zero attached hydrogens (tertiary/aromatic N) is 3. The van der Waals surface area contributed by atoms with Crippen LogP contribution in [0.15, 0.2) is 30.5 Å². The van der Waals surface area contributed by atoms with Crippen molar-refractivity contribution in [2.45, 2.75) is 6.04 Å². The average molecular weight is 233 g/mol. The zero-order valence-electron chi connectivity index (χ0n) is 9.79. The molecule has 90 valence electrons. The Morgan fingerprint density at radius 3 is 2.53 bits per heavy atom. The third-order valence-corrected chi connectivity index (χ3v) is 2.66. The summed E-state index contributed by atoms with van der Waals surface area (Å²) in [4.78, 5) is 0. The summed E-state index contributed by atoms with van der Waals surface area (Å²) < 4.78 is 6.80. The van der Waals surface area contributed by atoms with E-state index in [1.165, 1.54) is 0 Å². The number of hydrazine groups is 1. The number of hydrogen-bond acceptors (Lipinski definition) is 5. The largest absolute Gasteiger partial charge is 0.497 e. The molecule has 0 fully saturated rings. The smallest absolute Gasteiger partial charge is 0.118 e. The molecule has 0 radical (unpaired) electrons. The Kier molecular flexibility index (Phi) is 3.36. The van der Waals surface area contributed by atoms with Crippen LogP contribution in [0.3, 0.4) is 0 Å². The molecule has 0 aliphatic rings. The van der Waals surface area contributed by atoms with Gasteiger partial charge in [0.05, 0.1) is 25.0 Å². The van der Waals surface area contributed by atoms with E-state index in [9.17, 15) is 0 Å². The Morgan fingerprint density at radius 1 is 1.35 bits per heavy atom. The van der Waals surface area contributed by atoms with Crippen molar-refractivity contribution < 1.29 is 4.74 Å². The van der Waals surface area contributed by atoms with Crippen LogP contribution in [-0.4, -0.2) is 22.1 Å². The highest BCUT2D eigenvalue weighted by atomic mass is 16.5. The molecule has 6 nitrogen and oxygen atoms in total. The summed E-state index contributed by atoms with van der Waals surface area (Å²) in [7, 11) is 3.47. The molecule has 0 bridgehead atoms. The standard InChI is InChI=1S/C11H15N5O/c1-16-10(7-13-15-16)11(14-12)8-3-5-9(17-2)6-4-8/h3-7,11,14H,12H2,1-2H3. The summed E-state index contributed by atoms with van der Waals surface area (Å²) in [5, 5.41) is 7.73. The van der Waals surface area contributed by atoms with Gasteiger partial charge in [0.1, 0.15) is 5.75 Å². The number of methoxy groups -OCH3 is 1. The quantitative estimate of drug-likeness (QED) is 0.589. The first-order chi connectivity index (χ1) is 8.26. The van der Waals surface area contributed by atoms with Crippen LogP contribution in [0.4, 0.5) is 0 Å². The molecular weight excluding hydrogens is 218 g/mol. The first kappa shape index (κ1) is 11.6. The topological polar surface area (TPSA) is 78.0 Å². The number of rotatable bonds is 4. The number of hydrogen-bond donors (Lipinski definition) is 2. The van der Waals surface area contributed by atoms with Crippen LogP contribution in [0.5, 0.6) is 5.75 Å². The Labute approximate surface area is 99.4 Å². The minimum Gasteiger partial charge on any atom is -0.497 e. The van der Waals surface area contributed by atoms with E-state index in [1.54, 1.807) is 18.0 Å². The van der Waals surface area contributed by atoms with E-state index in [0.29, 0.717) is 0 Å². The van der Waals surface area contributed by atoms with Gasteiger partial charge in [-0.1, -0.05) is 17.3 Å². The molecule has 2 rings (SSSR count). The second-order valence-electron chi connectivity index (χ2n) is 3.66. The molecule has 6 heteroatoms. The summed E-state index contributed by atoms with van der Waals surface area (Å²) >= 11 is 0. The van der Waals surface area contributed by atoms with Crippen LogP contribution in [0.1, 0.15) is 17.3 Å². The van der Waals surface area contributed by atoms with Gasteiger partial charge in [-0.2, -0.15) is 0 Å². The first-order valence-electron chi connectivity index (χ1n) is 5.21. The molecule has 1 unspecified atom stereocenters. The van der Waals surface area contributed by atoms with Crippen molar-refractivity contribution in [2.24, 2.45) is 12.9 Å². The van der Waals surface area contributed by atoms with E-state index in [4.69, 9.17) is 10.6 Å². The number of nitrogens with two attached hydrogens (primary N) is 1. The zero-order valence-corrected chi connectivity index (χ0v) is 9.79. The van der Waals surface area contributed by atoms with Gasteiger partial charge >= 0.3 is 0 Å². The van der Waals surface area contributed by atoms with Gasteiger partial charge in [0.15, 0.2) is 0 Å². The lowest BCUT2D eigenvalue weighted by molar-refractivity contribution is 0.414. The molecule has 0 aliphatic heterocycles. The van der Waals surface area contributed by atoms with Crippen LogP contribution >= 0.6 is 0 Å². The molecule has 2 aromatic rings. The Hall–Kier alpha value is -1.92. The Balaban J connectivity index is 2.32. The Morgan fingerprint density at radius 2 is 2.06 bits per heavy atom. The highest BCUT2D eigenvalue weighted by molar-refractivity contribution is 5.32. The Bertz CT molecular complexity index is 479. The second kappa shape index (κ2) is 4.94. The van der Waals surface area contributed by atoms with Crippen molar-refractivity contribution in [1.82, 2.24) is 20.4 Å². The fraction of sp³-hybridized carbons (Fsp3) is 0.273. The summed E-state index contributed by atoms with van der Waals surface area (Å²) in [6.45, 7) is 0. The molecule has 1 aromatic carbocycles. The van der Waals surface area contributed by atoms with Crippen LogP contribution in [0, 0.1) is 0 Å². The fourth-order valence-electron chi connectivity index (χ4n) is 1.71. The molecule has 0 aliphatic carbocycles. The SMILES string of the molecule is COc1ccc(C(NN)c2cnnn2C)cc1. The van der Waals surface area contributed by atoms with Crippen molar-refractivity contribution in [1.29, 1.82) is 0 Å². The minimum atomic E-state index is -0.138. The van der Waals surface area contributed by atoms with Gasteiger partial charge in [0.2, 0.25) is 0 Å². The predicted octanol–water partition coefficient (Wildman–Crippen LogP) is 0.376. The lowest BCUT2D eigenvalue weighted by Gasteiger charge is -2.16. The maximum Gasteiger partial charge on any atom is 0.118 e. The van der Waals surface area contributed by atoms with Gasteiger partial charge in [-0.3, -0.25) is 10.5 Å². The highest BCUT2D eigenvalue weighted by Gasteiger charge is 2.16. The van der Waals surface area contributed by atoms with Gasteiger partial charge in [-0.05, 0) is 17.7 Å². The van der Waals surface area contributed by atoms with E-state index >= 15 is 0 Å². The van der Waals surface area contributed by atoms with Gasteiger partial charge in [-0.15, -0.1) is 5.10 Å². The molecule has 3 N–H and O–H groups in total. The monoisotopic (exact) mass is 233 g/mol. The molecular formula is C11H15N5O. The lowest BCUT2D eigenvalue weighted by Crippen LogP contribution is -2.30. The van der Waals surface area contributed by atoms with Crippen LogP contribution in [0.25, 0.3) is 0 Å². The first-order valence-corrected chi connectivity index (χ1v) is 5.21. The van der Waals surface area contributed by atoms with E-state index in [2.05, 4.69) is 15.7 Å². The zero-order chi connectivity index (χ0) is 12.3. The van der Waals surface area contributed by atoms with Gasteiger partial charge in [0.25, 0.3) is 0 Å².